The van der Waals surface area contributed by atoms with E-state index < -0.39 is 0 Å². The van der Waals surface area contributed by atoms with Crippen molar-refractivity contribution in [3.05, 3.63) is 35.9 Å². The minimum absolute atomic E-state index is 0.0419. The predicted octanol–water partition coefficient (Wildman–Crippen LogP) is 3.45. The van der Waals surface area contributed by atoms with Crippen molar-refractivity contribution in [2.75, 3.05) is 23.7 Å². The summed E-state index contributed by atoms with van der Waals surface area (Å²) in [4.78, 5) is 7.15. The molecular weight excluding hydrogens is 280 g/mol. The first-order valence-electron chi connectivity index (χ1n) is 7.47. The van der Waals surface area contributed by atoms with E-state index in [-0.39, 0.29) is 6.61 Å². The number of aliphatic hydroxyl groups excluding tert-OH is 1. The zero-order valence-corrected chi connectivity index (χ0v) is 13.5. The third-order valence-electron chi connectivity index (χ3n) is 4.09. The van der Waals surface area contributed by atoms with Crippen LogP contribution in [0.25, 0.3) is 10.9 Å². The molecule has 0 atom stereocenters. The number of anilines is 1. The Morgan fingerprint density at radius 2 is 2.10 bits per heavy atom. The fraction of sp³-hybridized carbons (Fsp3) is 0.471. The van der Waals surface area contributed by atoms with E-state index in [2.05, 4.69) is 24.8 Å². The number of nitrogens with zero attached hydrogens (tertiary/aromatic N) is 2. The molecule has 1 aromatic heterocycles. The first kappa shape index (κ1) is 14.7. The van der Waals surface area contributed by atoms with Crippen LogP contribution in [-0.4, -0.2) is 33.7 Å². The number of fused-ring (bicyclic) bond motifs is 1. The fourth-order valence-electron chi connectivity index (χ4n) is 2.77. The lowest BCUT2D eigenvalue weighted by atomic mass is 10.1. The molecule has 0 radical (unpaired) electrons. The normalized spacial score (nSPS) is 18.7. The molecule has 1 saturated heterocycles. The third kappa shape index (κ3) is 3.16. The molecule has 0 unspecified atom stereocenters. The van der Waals surface area contributed by atoms with Gasteiger partial charge in [-0.3, -0.25) is 0 Å². The van der Waals surface area contributed by atoms with E-state index in [0.717, 1.165) is 47.5 Å². The number of hydrogen-bond acceptors (Lipinski definition) is 4. The van der Waals surface area contributed by atoms with Crippen LogP contribution in [0.5, 0.6) is 0 Å². The number of benzene rings is 1. The van der Waals surface area contributed by atoms with Crippen LogP contribution >= 0.6 is 11.8 Å². The average Bonchev–Trinajstić information content (AvgIpc) is 2.66. The number of aliphatic hydroxyl groups is 1. The van der Waals surface area contributed by atoms with Gasteiger partial charge in [-0.15, -0.1) is 0 Å². The van der Waals surface area contributed by atoms with Crippen LogP contribution < -0.4 is 4.90 Å². The topological polar surface area (TPSA) is 36.4 Å². The van der Waals surface area contributed by atoms with E-state index in [4.69, 9.17) is 4.98 Å². The molecule has 1 aromatic carbocycles. The van der Waals surface area contributed by atoms with Crippen LogP contribution in [0.15, 0.2) is 30.3 Å². The highest BCUT2D eigenvalue weighted by Crippen LogP contribution is 2.33. The van der Waals surface area contributed by atoms with Crippen LogP contribution in [0.3, 0.4) is 0 Å². The average molecular weight is 302 g/mol. The molecule has 0 spiro atoms. The summed E-state index contributed by atoms with van der Waals surface area (Å²) in [6, 6.07) is 10.2. The van der Waals surface area contributed by atoms with Gasteiger partial charge in [0.25, 0.3) is 0 Å². The van der Waals surface area contributed by atoms with Gasteiger partial charge in [0.15, 0.2) is 0 Å². The molecule has 2 heterocycles. The maximum Gasteiger partial charge on any atom is 0.134 e. The summed E-state index contributed by atoms with van der Waals surface area (Å²) < 4.78 is 0.324. The predicted molar refractivity (Wildman–Crippen MR) is 91.0 cm³/mol. The van der Waals surface area contributed by atoms with Crippen LogP contribution in [0, 0.1) is 0 Å². The summed E-state index contributed by atoms with van der Waals surface area (Å²) in [5, 5.41) is 10.8. The molecule has 1 aliphatic heterocycles. The molecule has 21 heavy (non-hydrogen) atoms. The van der Waals surface area contributed by atoms with Crippen molar-refractivity contribution in [1.29, 1.82) is 0 Å². The van der Waals surface area contributed by atoms with Gasteiger partial charge in [0.05, 0.1) is 12.1 Å². The maximum absolute atomic E-state index is 9.71. The molecule has 4 heteroatoms. The van der Waals surface area contributed by atoms with Crippen molar-refractivity contribution in [3.63, 3.8) is 0 Å². The lowest BCUT2D eigenvalue weighted by molar-refractivity contribution is 0.282. The highest BCUT2D eigenvalue weighted by Gasteiger charge is 2.25. The third-order valence-corrected chi connectivity index (χ3v) is 5.46. The monoisotopic (exact) mass is 302 g/mol. The minimum Gasteiger partial charge on any atom is -0.392 e. The van der Waals surface area contributed by atoms with E-state index in [1.54, 1.807) is 0 Å². The Labute approximate surface area is 130 Å². The second kappa shape index (κ2) is 5.85. The zero-order valence-electron chi connectivity index (χ0n) is 12.7. The lowest BCUT2D eigenvalue weighted by Crippen LogP contribution is -2.28. The molecule has 1 aliphatic rings. The molecule has 112 valence electrons. The molecule has 0 amide bonds. The summed E-state index contributed by atoms with van der Waals surface area (Å²) >= 11 is 2.02. The number of rotatable bonds is 2. The minimum atomic E-state index is 0.0419. The summed E-state index contributed by atoms with van der Waals surface area (Å²) in [5.41, 5.74) is 1.93. The standard InChI is InChI=1S/C17H22N2OS/c1-17(2)7-8-19(9-10-21-17)16-14(12-20)11-13-5-3-4-6-15(13)18-16/h3-6,11,20H,7-10,12H2,1-2H3. The van der Waals surface area contributed by atoms with E-state index >= 15 is 0 Å². The van der Waals surface area contributed by atoms with Gasteiger partial charge in [-0.1, -0.05) is 32.0 Å². The fourth-order valence-corrected chi connectivity index (χ4v) is 3.87. The number of hydrogen-bond donors (Lipinski definition) is 1. The van der Waals surface area contributed by atoms with E-state index in [0.29, 0.717) is 4.75 Å². The van der Waals surface area contributed by atoms with Gasteiger partial charge in [-0.2, -0.15) is 11.8 Å². The van der Waals surface area contributed by atoms with Crippen molar-refractivity contribution in [2.45, 2.75) is 31.6 Å². The number of aromatic nitrogens is 1. The molecule has 1 N–H and O–H groups in total. The Hall–Kier alpha value is -1.26. The Morgan fingerprint density at radius 1 is 1.29 bits per heavy atom. The smallest absolute Gasteiger partial charge is 0.134 e. The van der Waals surface area contributed by atoms with Gasteiger partial charge in [-0.05, 0) is 18.6 Å². The number of pyridine rings is 1. The highest BCUT2D eigenvalue weighted by molar-refractivity contribution is 8.00. The zero-order chi connectivity index (χ0) is 14.9. The Morgan fingerprint density at radius 3 is 2.90 bits per heavy atom. The van der Waals surface area contributed by atoms with Gasteiger partial charge < -0.3 is 10.0 Å². The SMILES string of the molecule is CC1(C)CCN(c2nc3ccccc3cc2CO)CCS1. The maximum atomic E-state index is 9.71. The summed E-state index contributed by atoms with van der Waals surface area (Å²) in [6.45, 7) is 6.65. The van der Waals surface area contributed by atoms with Gasteiger partial charge in [0.2, 0.25) is 0 Å². The first-order chi connectivity index (χ1) is 10.1. The largest absolute Gasteiger partial charge is 0.392 e. The van der Waals surface area contributed by atoms with Crippen LogP contribution in [0.1, 0.15) is 25.8 Å². The first-order valence-corrected chi connectivity index (χ1v) is 8.46. The number of para-hydroxylation sites is 1. The highest BCUT2D eigenvalue weighted by atomic mass is 32.2. The van der Waals surface area contributed by atoms with Crippen LogP contribution in [-0.2, 0) is 6.61 Å². The van der Waals surface area contributed by atoms with Crippen LogP contribution in [0.4, 0.5) is 5.82 Å². The molecule has 2 aromatic rings. The number of thioether (sulfide) groups is 1. The Bertz CT molecular complexity index is 642. The second-order valence-electron chi connectivity index (χ2n) is 6.17. The lowest BCUT2D eigenvalue weighted by Gasteiger charge is -2.25. The van der Waals surface area contributed by atoms with Crippen molar-refractivity contribution in [2.24, 2.45) is 0 Å². The van der Waals surface area contributed by atoms with Gasteiger partial charge in [-0.25, -0.2) is 4.98 Å². The van der Waals surface area contributed by atoms with Crippen molar-refractivity contribution >= 4 is 28.5 Å². The second-order valence-corrected chi connectivity index (χ2v) is 7.97. The molecular formula is C17H22N2OS. The summed E-state index contributed by atoms with van der Waals surface area (Å²) in [5.74, 6) is 2.06. The van der Waals surface area contributed by atoms with E-state index in [1.165, 1.54) is 0 Å². The molecule has 3 rings (SSSR count). The van der Waals surface area contributed by atoms with Gasteiger partial charge in [0, 0.05) is 34.5 Å². The van der Waals surface area contributed by atoms with E-state index in [9.17, 15) is 5.11 Å². The molecule has 1 fully saturated rings. The van der Waals surface area contributed by atoms with Crippen LogP contribution in [0.2, 0.25) is 0 Å². The molecule has 0 bridgehead atoms. The summed E-state index contributed by atoms with van der Waals surface area (Å²) in [7, 11) is 0. The Kier molecular flexibility index (Phi) is 4.09. The van der Waals surface area contributed by atoms with Gasteiger partial charge >= 0.3 is 0 Å². The Balaban J connectivity index is 1.98. The van der Waals surface area contributed by atoms with Crippen molar-refractivity contribution < 1.29 is 5.11 Å². The van der Waals surface area contributed by atoms with Crippen molar-refractivity contribution in [3.8, 4) is 0 Å². The van der Waals surface area contributed by atoms with E-state index in [1.807, 2.05) is 36.0 Å². The molecule has 0 aliphatic carbocycles. The van der Waals surface area contributed by atoms with Crippen molar-refractivity contribution in [1.82, 2.24) is 4.98 Å². The molecule has 3 nitrogen and oxygen atoms in total. The quantitative estimate of drug-likeness (QED) is 0.922. The summed E-state index contributed by atoms with van der Waals surface area (Å²) in [6.07, 6.45) is 1.14. The van der Waals surface area contributed by atoms with Gasteiger partial charge in [0.1, 0.15) is 5.82 Å². The molecule has 0 saturated carbocycles.